The maximum absolute atomic E-state index is 13.9. The molecule has 92 valence electrons. The first-order chi connectivity index (χ1) is 8.00. The van der Waals surface area contributed by atoms with Crippen molar-refractivity contribution < 1.29 is 23.8 Å². The van der Waals surface area contributed by atoms with E-state index in [0.717, 1.165) is 0 Å². The molecule has 0 spiro atoms. The molecular formula is C11H10BrFO4. The summed E-state index contributed by atoms with van der Waals surface area (Å²) in [6.45, 7) is 1.57. The molecule has 1 aliphatic rings. The number of benzene rings is 1. The predicted molar refractivity (Wildman–Crippen MR) is 60.7 cm³/mol. The van der Waals surface area contributed by atoms with Gasteiger partial charge < -0.3 is 14.6 Å². The topological polar surface area (TPSA) is 55.8 Å². The average Bonchev–Trinajstić information content (AvgIpc) is 2.73. The summed E-state index contributed by atoms with van der Waals surface area (Å²) in [6.07, 6.45) is 0.108. The van der Waals surface area contributed by atoms with Crippen molar-refractivity contribution in [1.82, 2.24) is 0 Å². The number of carboxylic acid groups (broad SMARTS) is 1. The summed E-state index contributed by atoms with van der Waals surface area (Å²) in [6, 6.07) is 1.49. The van der Waals surface area contributed by atoms with Gasteiger partial charge in [-0.05, 0) is 34.0 Å². The van der Waals surface area contributed by atoms with Crippen molar-refractivity contribution in [3.63, 3.8) is 0 Å². The number of halogens is 2. The van der Waals surface area contributed by atoms with E-state index in [-0.39, 0.29) is 17.7 Å². The number of hydrogen-bond donors (Lipinski definition) is 1. The molecule has 0 saturated heterocycles. The fraction of sp³-hybridized carbons (Fsp3) is 0.364. The normalized spacial score (nSPS) is 14.8. The van der Waals surface area contributed by atoms with E-state index in [9.17, 15) is 9.18 Å². The Morgan fingerprint density at radius 2 is 2.35 bits per heavy atom. The van der Waals surface area contributed by atoms with Gasteiger partial charge >= 0.3 is 5.97 Å². The molecular weight excluding hydrogens is 295 g/mol. The van der Waals surface area contributed by atoms with Crippen LogP contribution in [0.1, 0.15) is 12.5 Å². The molecule has 1 aliphatic heterocycles. The highest BCUT2D eigenvalue weighted by Gasteiger charge is 2.24. The van der Waals surface area contributed by atoms with Crippen LogP contribution in [0.2, 0.25) is 0 Å². The highest BCUT2D eigenvalue weighted by atomic mass is 79.9. The number of ether oxygens (including phenoxy) is 2. The van der Waals surface area contributed by atoms with Crippen LogP contribution in [0.25, 0.3) is 0 Å². The van der Waals surface area contributed by atoms with E-state index < -0.39 is 17.7 Å². The van der Waals surface area contributed by atoms with Gasteiger partial charge in [0.25, 0.3) is 0 Å². The first-order valence-electron chi connectivity index (χ1n) is 5.00. The van der Waals surface area contributed by atoms with Crippen molar-refractivity contribution >= 4 is 21.9 Å². The lowest BCUT2D eigenvalue weighted by Crippen LogP contribution is -2.13. The van der Waals surface area contributed by atoms with Crippen LogP contribution in [0.5, 0.6) is 11.5 Å². The summed E-state index contributed by atoms with van der Waals surface area (Å²) in [5.74, 6) is -1.35. The van der Waals surface area contributed by atoms with E-state index in [1.54, 1.807) is 0 Å². The van der Waals surface area contributed by atoms with Crippen molar-refractivity contribution in [2.75, 3.05) is 6.79 Å². The van der Waals surface area contributed by atoms with Gasteiger partial charge in [-0.1, -0.05) is 6.92 Å². The number of carboxylic acids is 1. The molecule has 0 fully saturated rings. The second-order valence-electron chi connectivity index (χ2n) is 3.84. The third-order valence-electron chi connectivity index (χ3n) is 2.57. The highest BCUT2D eigenvalue weighted by molar-refractivity contribution is 9.10. The molecule has 2 rings (SSSR count). The Hall–Kier alpha value is -1.30. The Morgan fingerprint density at radius 3 is 3.00 bits per heavy atom. The van der Waals surface area contributed by atoms with Crippen LogP contribution >= 0.6 is 15.9 Å². The zero-order chi connectivity index (χ0) is 12.6. The molecule has 1 heterocycles. The van der Waals surface area contributed by atoms with Crippen LogP contribution in [0.15, 0.2) is 10.5 Å². The van der Waals surface area contributed by atoms with E-state index in [2.05, 4.69) is 15.9 Å². The molecule has 1 N–H and O–H groups in total. The van der Waals surface area contributed by atoms with Crippen molar-refractivity contribution in [3.8, 4) is 11.5 Å². The van der Waals surface area contributed by atoms with Gasteiger partial charge in [0.15, 0.2) is 11.5 Å². The quantitative estimate of drug-likeness (QED) is 0.932. The van der Waals surface area contributed by atoms with Gasteiger partial charge in [-0.25, -0.2) is 4.39 Å². The summed E-state index contributed by atoms with van der Waals surface area (Å²) in [4.78, 5) is 10.7. The maximum Gasteiger partial charge on any atom is 0.306 e. The van der Waals surface area contributed by atoms with Gasteiger partial charge in [-0.2, -0.15) is 0 Å². The van der Waals surface area contributed by atoms with E-state index in [1.165, 1.54) is 13.0 Å². The monoisotopic (exact) mass is 304 g/mol. The van der Waals surface area contributed by atoms with E-state index in [1.807, 2.05) is 0 Å². The predicted octanol–water partition coefficient (Wildman–Crippen LogP) is 2.58. The van der Waals surface area contributed by atoms with Gasteiger partial charge in [0.2, 0.25) is 6.79 Å². The number of aliphatic carboxylic acids is 1. The highest BCUT2D eigenvalue weighted by Crippen LogP contribution is 2.42. The largest absolute Gasteiger partial charge is 0.481 e. The van der Waals surface area contributed by atoms with Gasteiger partial charge in [-0.15, -0.1) is 0 Å². The lowest BCUT2D eigenvalue weighted by Gasteiger charge is -2.10. The molecule has 17 heavy (non-hydrogen) atoms. The Balaban J connectivity index is 2.36. The summed E-state index contributed by atoms with van der Waals surface area (Å²) in [5, 5.41) is 8.81. The first kappa shape index (κ1) is 12.2. The van der Waals surface area contributed by atoms with Crippen LogP contribution < -0.4 is 9.47 Å². The Bertz CT molecular complexity index is 475. The summed E-state index contributed by atoms with van der Waals surface area (Å²) in [5.41, 5.74) is 0.302. The SMILES string of the molecule is CC(Cc1cc2c(c(Br)c1F)OCO2)C(=O)O. The van der Waals surface area contributed by atoms with Gasteiger partial charge in [-0.3, -0.25) is 4.79 Å². The number of carbonyl (C=O) groups is 1. The first-order valence-corrected chi connectivity index (χ1v) is 5.79. The molecule has 1 atom stereocenters. The number of fused-ring (bicyclic) bond motifs is 1. The number of hydrogen-bond acceptors (Lipinski definition) is 3. The third-order valence-corrected chi connectivity index (χ3v) is 3.28. The van der Waals surface area contributed by atoms with Crippen LogP contribution in [-0.2, 0) is 11.2 Å². The van der Waals surface area contributed by atoms with Crippen LogP contribution in [0, 0.1) is 11.7 Å². The molecule has 1 aromatic carbocycles. The minimum atomic E-state index is -0.960. The van der Waals surface area contributed by atoms with E-state index >= 15 is 0 Å². The van der Waals surface area contributed by atoms with Crippen molar-refractivity contribution in [1.29, 1.82) is 0 Å². The maximum atomic E-state index is 13.9. The minimum absolute atomic E-state index is 0.0469. The molecule has 1 aromatic rings. The Morgan fingerprint density at radius 1 is 1.65 bits per heavy atom. The second kappa shape index (κ2) is 4.52. The number of rotatable bonds is 3. The van der Waals surface area contributed by atoms with Crippen LogP contribution in [0.4, 0.5) is 4.39 Å². The summed E-state index contributed by atoms with van der Waals surface area (Å²) in [7, 11) is 0. The standard InChI is InChI=1S/C11H10BrFO4/c1-5(11(14)15)2-6-3-7-10(17-4-16-7)8(12)9(6)13/h3,5H,2,4H2,1H3,(H,14,15). The Labute approximate surface area is 105 Å². The second-order valence-corrected chi connectivity index (χ2v) is 4.63. The average molecular weight is 305 g/mol. The van der Waals surface area contributed by atoms with Crippen LogP contribution in [0.3, 0.4) is 0 Å². The minimum Gasteiger partial charge on any atom is -0.481 e. The van der Waals surface area contributed by atoms with Gasteiger partial charge in [0.1, 0.15) is 5.82 Å². The third kappa shape index (κ3) is 2.22. The molecule has 0 aromatic heterocycles. The molecule has 0 saturated carbocycles. The fourth-order valence-electron chi connectivity index (χ4n) is 1.60. The molecule has 0 amide bonds. The Kier molecular flexibility index (Phi) is 3.24. The lowest BCUT2D eigenvalue weighted by molar-refractivity contribution is -0.141. The summed E-state index contributed by atoms with van der Waals surface area (Å²) < 4.78 is 24.3. The van der Waals surface area contributed by atoms with Crippen LogP contribution in [-0.4, -0.2) is 17.9 Å². The van der Waals surface area contributed by atoms with E-state index in [0.29, 0.717) is 17.1 Å². The fourth-order valence-corrected chi connectivity index (χ4v) is 2.16. The molecule has 4 nitrogen and oxygen atoms in total. The van der Waals surface area contributed by atoms with Crippen molar-refractivity contribution in [2.45, 2.75) is 13.3 Å². The molecule has 1 unspecified atom stereocenters. The van der Waals surface area contributed by atoms with Crippen molar-refractivity contribution in [2.24, 2.45) is 5.92 Å². The van der Waals surface area contributed by atoms with Gasteiger partial charge in [0, 0.05) is 0 Å². The molecule has 0 aliphatic carbocycles. The molecule has 0 radical (unpaired) electrons. The molecule has 0 bridgehead atoms. The zero-order valence-electron chi connectivity index (χ0n) is 9.00. The zero-order valence-corrected chi connectivity index (χ0v) is 10.6. The van der Waals surface area contributed by atoms with Gasteiger partial charge in [0.05, 0.1) is 10.4 Å². The van der Waals surface area contributed by atoms with Crippen molar-refractivity contribution in [3.05, 3.63) is 21.9 Å². The lowest BCUT2D eigenvalue weighted by atomic mass is 10.0. The smallest absolute Gasteiger partial charge is 0.306 e. The molecule has 6 heteroatoms. The van der Waals surface area contributed by atoms with E-state index in [4.69, 9.17) is 14.6 Å². The summed E-state index contributed by atoms with van der Waals surface area (Å²) >= 11 is 3.08.